The van der Waals surface area contributed by atoms with E-state index in [1.807, 2.05) is 6.08 Å². The first-order valence-corrected chi connectivity index (χ1v) is 10.8. The number of ether oxygens (including phenoxy) is 1. The maximum absolute atomic E-state index is 11.0. The van der Waals surface area contributed by atoms with E-state index in [0.29, 0.717) is 28.0 Å². The van der Waals surface area contributed by atoms with Crippen LogP contribution in [0.5, 0.6) is 40.2 Å². The van der Waals surface area contributed by atoms with Crippen LogP contribution in [-0.4, -0.2) is 30.6 Å². The first-order chi connectivity index (χ1) is 16.8. The number of phenolic OH excluding ortho intramolecular Hbond substituents is 6. The highest BCUT2D eigenvalue weighted by atomic mass is 16.5. The molecule has 7 heteroatoms. The van der Waals surface area contributed by atoms with Crippen LogP contribution in [-0.2, 0) is 0 Å². The zero-order valence-electron chi connectivity index (χ0n) is 18.3. The quantitative estimate of drug-likeness (QED) is 0.222. The molecule has 0 fully saturated rings. The molecule has 5 rings (SSSR count). The Balaban J connectivity index is 1.61. The van der Waals surface area contributed by atoms with Crippen LogP contribution in [0.1, 0.15) is 39.8 Å². The van der Waals surface area contributed by atoms with Crippen LogP contribution in [0, 0.1) is 0 Å². The van der Waals surface area contributed by atoms with Crippen molar-refractivity contribution in [2.24, 2.45) is 0 Å². The molecular formula is C28H22O7. The molecule has 0 aromatic heterocycles. The monoisotopic (exact) mass is 470 g/mol. The fourth-order valence-corrected chi connectivity index (χ4v) is 4.43. The Morgan fingerprint density at radius 1 is 0.571 bits per heavy atom. The zero-order valence-corrected chi connectivity index (χ0v) is 18.3. The number of rotatable bonds is 4. The second-order valence-electron chi connectivity index (χ2n) is 8.42. The Hall–Kier alpha value is -4.78. The van der Waals surface area contributed by atoms with Crippen LogP contribution < -0.4 is 4.74 Å². The highest BCUT2D eigenvalue weighted by molar-refractivity contribution is 5.73. The summed E-state index contributed by atoms with van der Waals surface area (Å²) in [5.74, 6) is -0.805. The molecule has 1 unspecified atom stereocenters. The zero-order chi connectivity index (χ0) is 24.7. The molecule has 2 atom stereocenters. The third-order valence-corrected chi connectivity index (χ3v) is 5.98. The number of hydrogen-bond acceptors (Lipinski definition) is 7. The molecule has 1 heterocycles. The molecule has 0 saturated heterocycles. The van der Waals surface area contributed by atoms with Crippen molar-refractivity contribution in [3.8, 4) is 40.2 Å². The van der Waals surface area contributed by atoms with Gasteiger partial charge >= 0.3 is 0 Å². The smallest absolute Gasteiger partial charge is 0.138 e. The Bertz CT molecular complexity index is 1420. The second-order valence-corrected chi connectivity index (χ2v) is 8.42. The van der Waals surface area contributed by atoms with Crippen LogP contribution in [0.3, 0.4) is 0 Å². The molecule has 1 aliphatic rings. The van der Waals surface area contributed by atoms with E-state index in [0.717, 1.165) is 5.56 Å². The third kappa shape index (κ3) is 4.27. The minimum atomic E-state index is -0.811. The molecule has 0 spiro atoms. The van der Waals surface area contributed by atoms with Crippen molar-refractivity contribution in [3.63, 3.8) is 0 Å². The van der Waals surface area contributed by atoms with Crippen LogP contribution in [0.2, 0.25) is 0 Å². The molecule has 0 radical (unpaired) electrons. The van der Waals surface area contributed by atoms with Crippen LogP contribution in [0.4, 0.5) is 0 Å². The molecule has 176 valence electrons. The summed E-state index contributed by atoms with van der Waals surface area (Å²) in [6, 6.07) is 18.3. The Morgan fingerprint density at radius 2 is 1.23 bits per heavy atom. The van der Waals surface area contributed by atoms with Crippen molar-refractivity contribution in [2.45, 2.75) is 12.0 Å². The summed E-state index contributed by atoms with van der Waals surface area (Å²) in [7, 11) is 0. The molecule has 0 aliphatic carbocycles. The maximum Gasteiger partial charge on any atom is 0.138 e. The SMILES string of the molecule is Oc1ccc(/C=C/c2cc(O)c3c(c2)O[C@H](c2ccc(O)cc2O)C3c2cc(O)cc(O)c2)cc1. The summed E-state index contributed by atoms with van der Waals surface area (Å²) in [4.78, 5) is 0. The summed E-state index contributed by atoms with van der Waals surface area (Å²) in [5, 5.41) is 60.9. The lowest BCUT2D eigenvalue weighted by Crippen LogP contribution is -2.11. The van der Waals surface area contributed by atoms with E-state index in [1.54, 1.807) is 42.5 Å². The normalized spacial score (nSPS) is 16.8. The number of hydrogen-bond donors (Lipinski definition) is 6. The van der Waals surface area contributed by atoms with Crippen molar-refractivity contribution in [1.82, 2.24) is 0 Å². The number of phenols is 6. The van der Waals surface area contributed by atoms with Gasteiger partial charge in [-0.05, 0) is 65.2 Å². The van der Waals surface area contributed by atoms with Gasteiger partial charge in [-0.2, -0.15) is 0 Å². The summed E-state index contributed by atoms with van der Waals surface area (Å²) >= 11 is 0. The molecule has 1 aliphatic heterocycles. The molecule has 4 aromatic carbocycles. The fourth-order valence-electron chi connectivity index (χ4n) is 4.43. The number of aromatic hydroxyl groups is 6. The van der Waals surface area contributed by atoms with E-state index in [4.69, 9.17) is 4.74 Å². The van der Waals surface area contributed by atoms with Gasteiger partial charge < -0.3 is 35.4 Å². The summed E-state index contributed by atoms with van der Waals surface area (Å²) in [6.07, 6.45) is 2.80. The highest BCUT2D eigenvalue weighted by Gasteiger charge is 2.40. The van der Waals surface area contributed by atoms with Gasteiger partial charge in [0.05, 0.1) is 5.92 Å². The second kappa shape index (κ2) is 8.53. The fraction of sp³-hybridized carbons (Fsp3) is 0.0714. The van der Waals surface area contributed by atoms with Crippen LogP contribution in [0.15, 0.2) is 72.8 Å². The molecule has 4 aromatic rings. The lowest BCUT2D eigenvalue weighted by molar-refractivity contribution is 0.217. The van der Waals surface area contributed by atoms with Gasteiger partial charge in [-0.25, -0.2) is 0 Å². The van der Waals surface area contributed by atoms with E-state index in [9.17, 15) is 30.6 Å². The predicted octanol–water partition coefficient (Wildman–Crippen LogP) is 5.36. The maximum atomic E-state index is 11.0. The molecule has 7 nitrogen and oxygen atoms in total. The third-order valence-electron chi connectivity index (χ3n) is 5.98. The van der Waals surface area contributed by atoms with Crippen molar-refractivity contribution >= 4 is 12.2 Å². The van der Waals surface area contributed by atoms with Crippen molar-refractivity contribution in [1.29, 1.82) is 0 Å². The minimum Gasteiger partial charge on any atom is -0.508 e. The van der Waals surface area contributed by atoms with E-state index in [-0.39, 0.29) is 34.5 Å². The lowest BCUT2D eigenvalue weighted by Gasteiger charge is -2.21. The molecule has 0 saturated carbocycles. The summed E-state index contributed by atoms with van der Waals surface area (Å²) in [5.41, 5.74) is 2.79. The van der Waals surface area contributed by atoms with Gasteiger partial charge in [-0.3, -0.25) is 0 Å². The van der Waals surface area contributed by atoms with E-state index >= 15 is 0 Å². The van der Waals surface area contributed by atoms with Crippen molar-refractivity contribution in [3.05, 3.63) is 101 Å². The van der Waals surface area contributed by atoms with Gasteiger partial charge in [-0.15, -0.1) is 0 Å². The first kappa shape index (κ1) is 22.0. The average molecular weight is 470 g/mol. The van der Waals surface area contributed by atoms with Crippen molar-refractivity contribution < 1.29 is 35.4 Å². The van der Waals surface area contributed by atoms with Gasteiger partial charge in [0.15, 0.2) is 0 Å². The number of fused-ring (bicyclic) bond motifs is 1. The molecule has 0 amide bonds. The van der Waals surface area contributed by atoms with E-state index in [1.165, 1.54) is 36.4 Å². The van der Waals surface area contributed by atoms with E-state index < -0.39 is 12.0 Å². The highest BCUT2D eigenvalue weighted by Crippen LogP contribution is 2.55. The molecular weight excluding hydrogens is 448 g/mol. The first-order valence-electron chi connectivity index (χ1n) is 10.8. The topological polar surface area (TPSA) is 131 Å². The molecule has 6 N–H and O–H groups in total. The van der Waals surface area contributed by atoms with Crippen LogP contribution >= 0.6 is 0 Å². The van der Waals surface area contributed by atoms with Gasteiger partial charge in [0.25, 0.3) is 0 Å². The number of benzene rings is 4. The predicted molar refractivity (Wildman–Crippen MR) is 130 cm³/mol. The average Bonchev–Trinajstić information content (AvgIpc) is 3.18. The Labute approximate surface area is 200 Å². The molecule has 0 bridgehead atoms. The molecule has 35 heavy (non-hydrogen) atoms. The summed E-state index contributed by atoms with van der Waals surface area (Å²) < 4.78 is 6.22. The van der Waals surface area contributed by atoms with Gasteiger partial charge in [0.1, 0.15) is 46.4 Å². The Morgan fingerprint density at radius 3 is 1.91 bits per heavy atom. The Kier molecular flexibility index (Phi) is 5.37. The largest absolute Gasteiger partial charge is 0.508 e. The lowest BCUT2D eigenvalue weighted by atomic mass is 9.84. The standard InChI is InChI=1S/C28H22O7/c29-18-5-3-15(4-6-18)1-2-16-9-24(34)27-25(10-16)35-28(22-8-7-19(30)14-23(22)33)26(27)17-11-20(31)13-21(32)12-17/h1-14,26,28-34H/b2-1+/t26?,28-/m1/s1. The van der Waals surface area contributed by atoms with E-state index in [2.05, 4.69) is 0 Å². The van der Waals surface area contributed by atoms with Gasteiger partial charge in [0, 0.05) is 23.3 Å². The summed E-state index contributed by atoms with van der Waals surface area (Å²) in [6.45, 7) is 0. The van der Waals surface area contributed by atoms with Gasteiger partial charge in [0.2, 0.25) is 0 Å². The van der Waals surface area contributed by atoms with Gasteiger partial charge in [-0.1, -0.05) is 24.3 Å². The minimum absolute atomic E-state index is 0.0542. The van der Waals surface area contributed by atoms with Crippen molar-refractivity contribution in [2.75, 3.05) is 0 Å². The van der Waals surface area contributed by atoms with Crippen LogP contribution in [0.25, 0.3) is 12.2 Å².